The molecule has 0 heterocycles. The van der Waals surface area contributed by atoms with Crippen molar-refractivity contribution in [2.75, 3.05) is 5.32 Å². The lowest BCUT2D eigenvalue weighted by Crippen LogP contribution is -2.22. The SMILES string of the molecule is O=C(CCC(=O)Nc1ccc(Cl)cc1Cl)NN=C1CCCCCCC1. The maximum atomic E-state index is 11.9. The van der Waals surface area contributed by atoms with Crippen LogP contribution in [0.3, 0.4) is 0 Å². The Morgan fingerprint density at radius 1 is 0.960 bits per heavy atom. The van der Waals surface area contributed by atoms with E-state index in [-0.39, 0.29) is 24.7 Å². The van der Waals surface area contributed by atoms with E-state index in [1.165, 1.54) is 19.3 Å². The Labute approximate surface area is 158 Å². The van der Waals surface area contributed by atoms with Gasteiger partial charge in [0.25, 0.3) is 0 Å². The van der Waals surface area contributed by atoms with E-state index in [0.717, 1.165) is 31.4 Å². The van der Waals surface area contributed by atoms with Crippen LogP contribution >= 0.6 is 23.2 Å². The molecule has 136 valence electrons. The van der Waals surface area contributed by atoms with Gasteiger partial charge < -0.3 is 5.32 Å². The molecule has 0 bridgehead atoms. The largest absolute Gasteiger partial charge is 0.325 e. The van der Waals surface area contributed by atoms with Gasteiger partial charge in [0, 0.05) is 23.6 Å². The number of benzene rings is 1. The number of nitrogens with zero attached hydrogens (tertiary/aromatic N) is 1. The number of hydrogen-bond donors (Lipinski definition) is 2. The van der Waals surface area contributed by atoms with Gasteiger partial charge in [0.2, 0.25) is 11.8 Å². The van der Waals surface area contributed by atoms with Crippen LogP contribution in [0, 0.1) is 0 Å². The maximum Gasteiger partial charge on any atom is 0.240 e. The third-order valence-corrected chi connectivity index (χ3v) is 4.60. The molecule has 1 aromatic carbocycles. The van der Waals surface area contributed by atoms with Crippen LogP contribution in [0.5, 0.6) is 0 Å². The van der Waals surface area contributed by atoms with Crippen molar-refractivity contribution < 1.29 is 9.59 Å². The van der Waals surface area contributed by atoms with Gasteiger partial charge in [-0.25, -0.2) is 5.43 Å². The molecule has 1 aliphatic rings. The molecule has 0 aliphatic heterocycles. The lowest BCUT2D eigenvalue weighted by Gasteiger charge is -2.11. The van der Waals surface area contributed by atoms with E-state index in [1.807, 2.05) is 0 Å². The number of rotatable bonds is 5. The zero-order valence-electron chi connectivity index (χ0n) is 14.1. The fourth-order valence-electron chi connectivity index (χ4n) is 2.65. The van der Waals surface area contributed by atoms with Crippen molar-refractivity contribution in [3.63, 3.8) is 0 Å². The van der Waals surface area contributed by atoms with Gasteiger partial charge in [-0.05, 0) is 43.9 Å². The molecule has 2 rings (SSSR count). The van der Waals surface area contributed by atoms with Crippen molar-refractivity contribution in [2.45, 2.75) is 57.8 Å². The molecule has 1 aromatic rings. The van der Waals surface area contributed by atoms with Crippen LogP contribution in [-0.4, -0.2) is 17.5 Å². The second-order valence-electron chi connectivity index (χ2n) is 6.15. The predicted octanol–water partition coefficient (Wildman–Crippen LogP) is 4.93. The lowest BCUT2D eigenvalue weighted by molar-refractivity contribution is -0.124. The smallest absolute Gasteiger partial charge is 0.240 e. The quantitative estimate of drug-likeness (QED) is 0.707. The first-order valence-corrected chi connectivity index (χ1v) is 9.39. The van der Waals surface area contributed by atoms with Crippen LogP contribution < -0.4 is 10.7 Å². The summed E-state index contributed by atoms with van der Waals surface area (Å²) in [5, 5.41) is 7.75. The highest BCUT2D eigenvalue weighted by Crippen LogP contribution is 2.25. The monoisotopic (exact) mass is 383 g/mol. The summed E-state index contributed by atoms with van der Waals surface area (Å²) in [6.45, 7) is 0. The molecule has 5 nitrogen and oxygen atoms in total. The first-order chi connectivity index (χ1) is 12.0. The highest BCUT2D eigenvalue weighted by atomic mass is 35.5. The second kappa shape index (κ2) is 10.4. The van der Waals surface area contributed by atoms with Gasteiger partial charge in [0.1, 0.15) is 0 Å². The third-order valence-electron chi connectivity index (χ3n) is 4.05. The normalized spacial score (nSPS) is 15.0. The van der Waals surface area contributed by atoms with Crippen molar-refractivity contribution in [3.8, 4) is 0 Å². The van der Waals surface area contributed by atoms with E-state index in [1.54, 1.807) is 18.2 Å². The molecule has 0 spiro atoms. The number of halogens is 2. The zero-order valence-corrected chi connectivity index (χ0v) is 15.6. The highest BCUT2D eigenvalue weighted by Gasteiger charge is 2.10. The van der Waals surface area contributed by atoms with Gasteiger partial charge in [0.05, 0.1) is 10.7 Å². The first-order valence-electron chi connectivity index (χ1n) is 8.64. The molecule has 0 saturated heterocycles. The van der Waals surface area contributed by atoms with Gasteiger partial charge in [-0.3, -0.25) is 9.59 Å². The summed E-state index contributed by atoms with van der Waals surface area (Å²) in [4.78, 5) is 23.8. The van der Waals surface area contributed by atoms with Crippen LogP contribution in [0.25, 0.3) is 0 Å². The molecule has 0 unspecified atom stereocenters. The Balaban J connectivity index is 1.74. The van der Waals surface area contributed by atoms with E-state index < -0.39 is 0 Å². The van der Waals surface area contributed by atoms with Crippen molar-refractivity contribution in [1.29, 1.82) is 0 Å². The zero-order chi connectivity index (χ0) is 18.1. The van der Waals surface area contributed by atoms with Gasteiger partial charge in [-0.15, -0.1) is 0 Å². The van der Waals surface area contributed by atoms with Gasteiger partial charge >= 0.3 is 0 Å². The Hall–Kier alpha value is -1.59. The molecular weight excluding hydrogens is 361 g/mol. The molecule has 0 radical (unpaired) electrons. The van der Waals surface area contributed by atoms with Crippen LogP contribution in [-0.2, 0) is 9.59 Å². The van der Waals surface area contributed by atoms with Crippen molar-refractivity contribution in [2.24, 2.45) is 5.10 Å². The summed E-state index contributed by atoms with van der Waals surface area (Å²) >= 11 is 11.8. The van der Waals surface area contributed by atoms with Crippen molar-refractivity contribution in [3.05, 3.63) is 28.2 Å². The number of anilines is 1. The van der Waals surface area contributed by atoms with Crippen LogP contribution in [0.1, 0.15) is 57.8 Å². The number of hydrazone groups is 1. The van der Waals surface area contributed by atoms with Crippen LogP contribution in [0.15, 0.2) is 23.3 Å². The van der Waals surface area contributed by atoms with Gasteiger partial charge in [-0.2, -0.15) is 5.10 Å². The molecule has 1 aliphatic carbocycles. The van der Waals surface area contributed by atoms with Crippen LogP contribution in [0.4, 0.5) is 5.69 Å². The first kappa shape index (κ1) is 19.7. The molecule has 2 N–H and O–H groups in total. The molecule has 0 aromatic heterocycles. The summed E-state index contributed by atoms with van der Waals surface area (Å²) < 4.78 is 0. The Morgan fingerprint density at radius 3 is 2.28 bits per heavy atom. The molecule has 25 heavy (non-hydrogen) atoms. The highest BCUT2D eigenvalue weighted by molar-refractivity contribution is 6.36. The number of amides is 2. The summed E-state index contributed by atoms with van der Waals surface area (Å²) in [5.74, 6) is -0.537. The average molecular weight is 384 g/mol. The minimum absolute atomic E-state index is 0.0651. The molecular formula is C18H23Cl2N3O2. The second-order valence-corrected chi connectivity index (χ2v) is 7.00. The summed E-state index contributed by atoms with van der Waals surface area (Å²) in [7, 11) is 0. The average Bonchev–Trinajstić information content (AvgIpc) is 2.54. The number of carbonyl (C=O) groups excluding carboxylic acids is 2. The van der Waals surface area contributed by atoms with E-state index in [0.29, 0.717) is 15.7 Å². The van der Waals surface area contributed by atoms with E-state index in [4.69, 9.17) is 23.2 Å². The van der Waals surface area contributed by atoms with E-state index in [2.05, 4.69) is 15.8 Å². The molecule has 1 saturated carbocycles. The summed E-state index contributed by atoms with van der Waals surface area (Å²) in [5.41, 5.74) is 4.09. The fourth-order valence-corrected chi connectivity index (χ4v) is 3.11. The maximum absolute atomic E-state index is 11.9. The minimum Gasteiger partial charge on any atom is -0.325 e. The summed E-state index contributed by atoms with van der Waals surface area (Å²) in [6.07, 6.45) is 8.00. The van der Waals surface area contributed by atoms with E-state index in [9.17, 15) is 9.59 Å². The minimum atomic E-state index is -0.280. The third kappa shape index (κ3) is 7.45. The van der Waals surface area contributed by atoms with Crippen LogP contribution in [0.2, 0.25) is 10.0 Å². The Kier molecular flexibility index (Phi) is 8.22. The van der Waals surface area contributed by atoms with Gasteiger partial charge in [-0.1, -0.05) is 42.5 Å². The standard InChI is InChI=1S/C18H23Cl2N3O2/c19-13-8-9-16(15(20)12-13)21-17(24)10-11-18(25)23-22-14-6-4-2-1-3-5-7-14/h8-9,12H,1-7,10-11H2,(H,21,24)(H,23,25). The molecule has 2 amide bonds. The number of carbonyl (C=O) groups is 2. The van der Waals surface area contributed by atoms with Crippen molar-refractivity contribution in [1.82, 2.24) is 5.43 Å². The van der Waals surface area contributed by atoms with E-state index >= 15 is 0 Å². The topological polar surface area (TPSA) is 70.6 Å². The molecule has 0 atom stereocenters. The Morgan fingerprint density at radius 2 is 1.60 bits per heavy atom. The summed E-state index contributed by atoms with van der Waals surface area (Å²) in [6, 6.07) is 4.82. The predicted molar refractivity (Wildman–Crippen MR) is 102 cm³/mol. The van der Waals surface area contributed by atoms with Gasteiger partial charge in [0.15, 0.2) is 0 Å². The lowest BCUT2D eigenvalue weighted by atomic mass is 9.99. The van der Waals surface area contributed by atoms with Crippen molar-refractivity contribution >= 4 is 46.4 Å². The number of hydrogen-bond acceptors (Lipinski definition) is 3. The molecule has 7 heteroatoms. The Bertz CT molecular complexity index is 637. The number of nitrogens with one attached hydrogen (secondary N) is 2. The fraction of sp³-hybridized carbons (Fsp3) is 0.500. The molecule has 1 fully saturated rings.